The van der Waals surface area contributed by atoms with Gasteiger partial charge in [0.05, 0.1) is 16.5 Å². The zero-order valence-electron chi connectivity index (χ0n) is 11.1. The topological polar surface area (TPSA) is 58.6 Å². The molecule has 2 atom stereocenters. The number of hydrogen-bond donors (Lipinski definition) is 2. The highest BCUT2D eigenvalue weighted by Gasteiger charge is 2.30. The van der Waals surface area contributed by atoms with Crippen LogP contribution in [-0.2, 0) is 4.79 Å². The SMILES string of the molecule is O=C(O)C1CNC(c2ccc(OC3CCC3)c(Br)c2)C1. The van der Waals surface area contributed by atoms with E-state index in [9.17, 15) is 4.79 Å². The molecule has 0 bridgehead atoms. The Kier molecular flexibility index (Phi) is 3.98. The molecular weight excluding hydrogens is 322 g/mol. The van der Waals surface area contributed by atoms with Crippen LogP contribution in [0.3, 0.4) is 0 Å². The van der Waals surface area contributed by atoms with Gasteiger partial charge >= 0.3 is 5.97 Å². The third-order valence-electron chi connectivity index (χ3n) is 4.18. The molecule has 3 rings (SSSR count). The highest BCUT2D eigenvalue weighted by atomic mass is 79.9. The third-order valence-corrected chi connectivity index (χ3v) is 4.80. The predicted molar refractivity (Wildman–Crippen MR) is 78.9 cm³/mol. The summed E-state index contributed by atoms with van der Waals surface area (Å²) in [6.07, 6.45) is 4.53. The second-order valence-corrected chi connectivity index (χ2v) is 6.45. The van der Waals surface area contributed by atoms with Crippen molar-refractivity contribution < 1.29 is 14.6 Å². The number of benzene rings is 1. The van der Waals surface area contributed by atoms with Crippen molar-refractivity contribution in [3.8, 4) is 5.75 Å². The molecule has 0 aromatic heterocycles. The molecule has 0 amide bonds. The fourth-order valence-corrected chi connectivity index (χ4v) is 3.17. The molecule has 1 aromatic carbocycles. The van der Waals surface area contributed by atoms with Crippen molar-refractivity contribution in [2.45, 2.75) is 37.8 Å². The molecule has 0 spiro atoms. The van der Waals surface area contributed by atoms with E-state index in [1.807, 2.05) is 18.2 Å². The molecule has 1 aromatic rings. The van der Waals surface area contributed by atoms with Crippen molar-refractivity contribution in [2.75, 3.05) is 6.54 Å². The van der Waals surface area contributed by atoms with E-state index in [0.717, 1.165) is 28.6 Å². The minimum Gasteiger partial charge on any atom is -0.489 e. The highest BCUT2D eigenvalue weighted by molar-refractivity contribution is 9.10. The summed E-state index contributed by atoms with van der Waals surface area (Å²) in [4.78, 5) is 11.0. The molecule has 2 aliphatic rings. The van der Waals surface area contributed by atoms with Gasteiger partial charge in [-0.05, 0) is 59.3 Å². The van der Waals surface area contributed by atoms with Crippen LogP contribution in [0.2, 0.25) is 0 Å². The van der Waals surface area contributed by atoms with Gasteiger partial charge in [0.25, 0.3) is 0 Å². The summed E-state index contributed by atoms with van der Waals surface area (Å²) in [6.45, 7) is 0.540. The molecule has 0 radical (unpaired) electrons. The van der Waals surface area contributed by atoms with Crippen LogP contribution in [0.25, 0.3) is 0 Å². The number of carboxylic acids is 1. The Hall–Kier alpha value is -1.07. The van der Waals surface area contributed by atoms with Crippen molar-refractivity contribution in [3.63, 3.8) is 0 Å². The second-order valence-electron chi connectivity index (χ2n) is 5.59. The molecule has 1 saturated heterocycles. The van der Waals surface area contributed by atoms with Crippen LogP contribution in [0.5, 0.6) is 5.75 Å². The first kappa shape index (κ1) is 13.9. The Morgan fingerprint density at radius 1 is 1.40 bits per heavy atom. The van der Waals surface area contributed by atoms with E-state index in [1.165, 1.54) is 6.42 Å². The largest absolute Gasteiger partial charge is 0.489 e. The smallest absolute Gasteiger partial charge is 0.307 e. The van der Waals surface area contributed by atoms with Gasteiger partial charge in [-0.15, -0.1) is 0 Å². The minimum absolute atomic E-state index is 0.116. The van der Waals surface area contributed by atoms with Gasteiger partial charge < -0.3 is 15.2 Å². The van der Waals surface area contributed by atoms with E-state index in [-0.39, 0.29) is 12.0 Å². The lowest BCUT2D eigenvalue weighted by atomic mass is 9.96. The maximum absolute atomic E-state index is 11.0. The van der Waals surface area contributed by atoms with Crippen molar-refractivity contribution in [1.82, 2.24) is 5.32 Å². The van der Waals surface area contributed by atoms with Crippen LogP contribution in [0.4, 0.5) is 0 Å². The Labute approximate surface area is 126 Å². The van der Waals surface area contributed by atoms with E-state index < -0.39 is 5.97 Å². The van der Waals surface area contributed by atoms with Crippen LogP contribution in [-0.4, -0.2) is 23.7 Å². The number of hydrogen-bond acceptors (Lipinski definition) is 3. The summed E-state index contributed by atoms with van der Waals surface area (Å²) in [5.74, 6) is -0.125. The summed E-state index contributed by atoms with van der Waals surface area (Å²) in [5.41, 5.74) is 1.11. The number of carboxylic acid groups (broad SMARTS) is 1. The standard InChI is InChI=1S/C15H18BrNO3/c16-12-6-9(13-7-10(8-17-13)15(18)19)4-5-14(12)20-11-2-1-3-11/h4-6,10-11,13,17H,1-3,7-8H2,(H,18,19). The maximum Gasteiger partial charge on any atom is 0.307 e. The number of carbonyl (C=O) groups is 1. The lowest BCUT2D eigenvalue weighted by molar-refractivity contribution is -0.141. The van der Waals surface area contributed by atoms with Crippen LogP contribution in [0.1, 0.15) is 37.3 Å². The fourth-order valence-electron chi connectivity index (χ4n) is 2.68. The molecule has 2 N–H and O–H groups in total. The summed E-state index contributed by atoms with van der Waals surface area (Å²) in [7, 11) is 0. The Bertz CT molecular complexity index is 516. The van der Waals surface area contributed by atoms with E-state index >= 15 is 0 Å². The van der Waals surface area contributed by atoms with Crippen molar-refractivity contribution in [1.29, 1.82) is 0 Å². The van der Waals surface area contributed by atoms with Gasteiger partial charge in [0, 0.05) is 12.6 Å². The first-order valence-corrected chi connectivity index (χ1v) is 7.85. The van der Waals surface area contributed by atoms with Crippen molar-refractivity contribution >= 4 is 21.9 Å². The molecule has 1 aliphatic carbocycles. The second kappa shape index (κ2) is 5.74. The molecule has 4 nitrogen and oxygen atoms in total. The fraction of sp³-hybridized carbons (Fsp3) is 0.533. The molecule has 20 heavy (non-hydrogen) atoms. The molecule has 108 valence electrons. The van der Waals surface area contributed by atoms with Gasteiger partial charge in [-0.3, -0.25) is 4.79 Å². The van der Waals surface area contributed by atoms with Gasteiger partial charge in [-0.2, -0.15) is 0 Å². The molecule has 2 unspecified atom stereocenters. The lowest BCUT2D eigenvalue weighted by Crippen LogP contribution is -2.24. The predicted octanol–water partition coefficient (Wildman–Crippen LogP) is 3.12. The number of nitrogens with one attached hydrogen (secondary N) is 1. The van der Waals surface area contributed by atoms with Crippen LogP contribution >= 0.6 is 15.9 Å². The van der Waals surface area contributed by atoms with Crippen LogP contribution in [0, 0.1) is 5.92 Å². The van der Waals surface area contributed by atoms with Gasteiger partial charge in [0.2, 0.25) is 0 Å². The van der Waals surface area contributed by atoms with Gasteiger partial charge in [0.15, 0.2) is 0 Å². The lowest BCUT2D eigenvalue weighted by Gasteiger charge is -2.27. The zero-order chi connectivity index (χ0) is 14.1. The zero-order valence-corrected chi connectivity index (χ0v) is 12.7. The Balaban J connectivity index is 1.68. The van der Waals surface area contributed by atoms with Crippen molar-refractivity contribution in [2.24, 2.45) is 5.92 Å². The minimum atomic E-state index is -0.719. The molecular formula is C15H18BrNO3. The normalized spacial score (nSPS) is 26.2. The summed E-state index contributed by atoms with van der Waals surface area (Å²) in [6, 6.07) is 6.16. The monoisotopic (exact) mass is 339 g/mol. The van der Waals surface area contributed by atoms with E-state index in [0.29, 0.717) is 19.1 Å². The summed E-state index contributed by atoms with van der Waals surface area (Å²) < 4.78 is 6.84. The van der Waals surface area contributed by atoms with Gasteiger partial charge in [-0.1, -0.05) is 6.07 Å². The Morgan fingerprint density at radius 2 is 2.20 bits per heavy atom. The first-order valence-electron chi connectivity index (χ1n) is 7.06. The molecule has 1 aliphatic heterocycles. The van der Waals surface area contributed by atoms with E-state index in [1.54, 1.807) is 0 Å². The van der Waals surface area contributed by atoms with Crippen LogP contribution < -0.4 is 10.1 Å². The van der Waals surface area contributed by atoms with Gasteiger partial charge in [-0.25, -0.2) is 0 Å². The summed E-state index contributed by atoms with van der Waals surface area (Å²) in [5, 5.41) is 12.3. The number of rotatable bonds is 4. The quantitative estimate of drug-likeness (QED) is 0.884. The van der Waals surface area contributed by atoms with Crippen LogP contribution in [0.15, 0.2) is 22.7 Å². The maximum atomic E-state index is 11.0. The number of halogens is 1. The Morgan fingerprint density at radius 3 is 2.75 bits per heavy atom. The average molecular weight is 340 g/mol. The number of ether oxygens (including phenoxy) is 1. The summed E-state index contributed by atoms with van der Waals surface area (Å²) >= 11 is 3.55. The molecule has 2 fully saturated rings. The van der Waals surface area contributed by atoms with Crippen molar-refractivity contribution in [3.05, 3.63) is 28.2 Å². The molecule has 5 heteroatoms. The third kappa shape index (κ3) is 2.83. The van der Waals surface area contributed by atoms with E-state index in [4.69, 9.17) is 9.84 Å². The van der Waals surface area contributed by atoms with Gasteiger partial charge in [0.1, 0.15) is 5.75 Å². The molecule has 1 heterocycles. The average Bonchev–Trinajstić information content (AvgIpc) is 2.84. The number of aliphatic carboxylic acids is 1. The molecule has 1 saturated carbocycles. The first-order chi connectivity index (χ1) is 9.63. The van der Waals surface area contributed by atoms with E-state index in [2.05, 4.69) is 21.2 Å². The highest BCUT2D eigenvalue weighted by Crippen LogP contribution is 2.35.